The topological polar surface area (TPSA) is 67.2 Å². The van der Waals surface area contributed by atoms with Gasteiger partial charge in [0.15, 0.2) is 0 Å². The van der Waals surface area contributed by atoms with Gasteiger partial charge in [0, 0.05) is 30.9 Å². The highest BCUT2D eigenvalue weighted by molar-refractivity contribution is 5.48. The van der Waals surface area contributed by atoms with Crippen LogP contribution in [0.2, 0.25) is 0 Å². The zero-order valence-electron chi connectivity index (χ0n) is 10.6. The molecule has 2 N–H and O–H groups in total. The zero-order valence-corrected chi connectivity index (χ0v) is 10.6. The molecule has 0 saturated carbocycles. The molecule has 1 aliphatic heterocycles. The Bertz CT molecular complexity index is 411. The Labute approximate surface area is 107 Å². The molecule has 5 nitrogen and oxygen atoms in total. The number of nitro benzene ring substituents is 1. The highest BCUT2D eigenvalue weighted by Gasteiger charge is 2.26. The summed E-state index contributed by atoms with van der Waals surface area (Å²) in [6.07, 6.45) is 2.42. The van der Waals surface area contributed by atoms with Crippen molar-refractivity contribution < 1.29 is 4.92 Å². The average molecular weight is 249 g/mol. The molecule has 0 aliphatic carbocycles. The van der Waals surface area contributed by atoms with Gasteiger partial charge < -0.3 is 10.6 Å². The van der Waals surface area contributed by atoms with Crippen LogP contribution in [-0.2, 0) is 0 Å². The predicted molar refractivity (Wildman–Crippen MR) is 71.8 cm³/mol. The molecule has 18 heavy (non-hydrogen) atoms. The van der Waals surface area contributed by atoms with Crippen LogP contribution in [0.25, 0.3) is 0 Å². The summed E-state index contributed by atoms with van der Waals surface area (Å²) >= 11 is 0. The largest absolute Gasteiger partial charge is 0.384 e. The van der Waals surface area contributed by atoms with Gasteiger partial charge in [-0.1, -0.05) is 6.92 Å². The number of nitrogens with one attached hydrogen (secondary N) is 2. The third-order valence-corrected chi connectivity index (χ3v) is 3.48. The monoisotopic (exact) mass is 249 g/mol. The van der Waals surface area contributed by atoms with Gasteiger partial charge in [0.05, 0.1) is 4.92 Å². The molecule has 1 atom stereocenters. The van der Waals surface area contributed by atoms with Gasteiger partial charge in [-0.15, -0.1) is 0 Å². The van der Waals surface area contributed by atoms with Crippen molar-refractivity contribution in [2.45, 2.75) is 19.8 Å². The summed E-state index contributed by atoms with van der Waals surface area (Å²) in [7, 11) is 0. The fourth-order valence-electron chi connectivity index (χ4n) is 2.29. The van der Waals surface area contributed by atoms with Crippen molar-refractivity contribution >= 4 is 11.4 Å². The summed E-state index contributed by atoms with van der Waals surface area (Å²) in [6.45, 7) is 5.27. The molecule has 2 rings (SSSR count). The van der Waals surface area contributed by atoms with Crippen LogP contribution in [-0.4, -0.2) is 24.6 Å². The van der Waals surface area contributed by atoms with Crippen molar-refractivity contribution in [1.82, 2.24) is 5.32 Å². The van der Waals surface area contributed by atoms with Crippen LogP contribution >= 0.6 is 0 Å². The van der Waals surface area contributed by atoms with Crippen molar-refractivity contribution in [3.8, 4) is 0 Å². The molecule has 1 unspecified atom stereocenters. The SMILES string of the molecule is CC1(CNc2ccc([N+](=O)[O-])cc2)CCCNC1. The van der Waals surface area contributed by atoms with Crippen molar-refractivity contribution in [2.75, 3.05) is 25.0 Å². The number of hydrogen-bond acceptors (Lipinski definition) is 4. The Kier molecular flexibility index (Phi) is 3.81. The molecule has 0 spiro atoms. The minimum absolute atomic E-state index is 0.131. The number of rotatable bonds is 4. The number of hydrogen-bond donors (Lipinski definition) is 2. The molecule has 0 aromatic heterocycles. The van der Waals surface area contributed by atoms with Crippen LogP contribution in [0.15, 0.2) is 24.3 Å². The number of non-ortho nitro benzene ring substituents is 1. The molecule has 0 bridgehead atoms. The standard InChI is InChI=1S/C13H19N3O2/c1-13(7-2-8-14-9-13)10-15-11-3-5-12(6-4-11)16(17)18/h3-6,14-15H,2,7-10H2,1H3. The lowest BCUT2D eigenvalue weighted by Gasteiger charge is -2.34. The van der Waals surface area contributed by atoms with Crippen molar-refractivity contribution in [3.63, 3.8) is 0 Å². The van der Waals surface area contributed by atoms with E-state index in [2.05, 4.69) is 17.6 Å². The second-order valence-electron chi connectivity index (χ2n) is 5.25. The van der Waals surface area contributed by atoms with E-state index in [9.17, 15) is 10.1 Å². The van der Waals surface area contributed by atoms with Crippen molar-refractivity contribution in [1.29, 1.82) is 0 Å². The van der Waals surface area contributed by atoms with E-state index in [-0.39, 0.29) is 16.0 Å². The van der Waals surface area contributed by atoms with Gasteiger partial charge in [-0.25, -0.2) is 0 Å². The van der Waals surface area contributed by atoms with Crippen LogP contribution in [0.5, 0.6) is 0 Å². The Hall–Kier alpha value is -1.62. The highest BCUT2D eigenvalue weighted by Crippen LogP contribution is 2.26. The lowest BCUT2D eigenvalue weighted by Crippen LogP contribution is -2.42. The van der Waals surface area contributed by atoms with Gasteiger partial charge in [0.1, 0.15) is 0 Å². The molecular weight excluding hydrogens is 230 g/mol. The lowest BCUT2D eigenvalue weighted by atomic mass is 9.83. The Morgan fingerprint density at radius 3 is 2.72 bits per heavy atom. The lowest BCUT2D eigenvalue weighted by molar-refractivity contribution is -0.384. The fourth-order valence-corrected chi connectivity index (χ4v) is 2.29. The quantitative estimate of drug-likeness (QED) is 0.635. The molecule has 1 aromatic carbocycles. The molecule has 0 amide bonds. The van der Waals surface area contributed by atoms with E-state index in [1.807, 2.05) is 0 Å². The van der Waals surface area contributed by atoms with Crippen LogP contribution < -0.4 is 10.6 Å². The summed E-state index contributed by atoms with van der Waals surface area (Å²) in [5.74, 6) is 0. The molecule has 1 aromatic rings. The second-order valence-corrected chi connectivity index (χ2v) is 5.25. The van der Waals surface area contributed by atoms with E-state index in [1.54, 1.807) is 12.1 Å². The molecule has 5 heteroatoms. The van der Waals surface area contributed by atoms with Gasteiger partial charge in [-0.3, -0.25) is 10.1 Å². The maximum atomic E-state index is 10.5. The van der Waals surface area contributed by atoms with Gasteiger partial charge in [0.2, 0.25) is 0 Å². The minimum Gasteiger partial charge on any atom is -0.384 e. The smallest absolute Gasteiger partial charge is 0.269 e. The third-order valence-electron chi connectivity index (χ3n) is 3.48. The Morgan fingerprint density at radius 2 is 2.17 bits per heavy atom. The molecule has 1 aliphatic rings. The van der Waals surface area contributed by atoms with E-state index >= 15 is 0 Å². The van der Waals surface area contributed by atoms with Crippen LogP contribution in [0.1, 0.15) is 19.8 Å². The molecule has 1 saturated heterocycles. The van der Waals surface area contributed by atoms with Crippen LogP contribution in [0, 0.1) is 15.5 Å². The Morgan fingerprint density at radius 1 is 1.44 bits per heavy atom. The van der Waals surface area contributed by atoms with Gasteiger partial charge in [-0.05, 0) is 36.9 Å². The number of nitrogens with zero attached hydrogens (tertiary/aromatic N) is 1. The van der Waals surface area contributed by atoms with E-state index in [0.29, 0.717) is 0 Å². The maximum absolute atomic E-state index is 10.5. The summed E-state index contributed by atoms with van der Waals surface area (Å²) in [6, 6.07) is 6.59. The predicted octanol–water partition coefficient (Wildman–Crippen LogP) is 2.40. The fraction of sp³-hybridized carbons (Fsp3) is 0.538. The van der Waals surface area contributed by atoms with Gasteiger partial charge in [0.25, 0.3) is 5.69 Å². The first kappa shape index (κ1) is 12.8. The molecule has 98 valence electrons. The Balaban J connectivity index is 1.91. The van der Waals surface area contributed by atoms with E-state index in [4.69, 9.17) is 0 Å². The zero-order chi connectivity index (χ0) is 13.0. The van der Waals surface area contributed by atoms with Crippen LogP contribution in [0.4, 0.5) is 11.4 Å². The summed E-state index contributed by atoms with van der Waals surface area (Å²) in [5.41, 5.74) is 1.33. The highest BCUT2D eigenvalue weighted by atomic mass is 16.6. The summed E-state index contributed by atoms with van der Waals surface area (Å²) in [5, 5.41) is 17.3. The molecule has 1 fully saturated rings. The number of anilines is 1. The van der Waals surface area contributed by atoms with Gasteiger partial charge in [-0.2, -0.15) is 0 Å². The van der Waals surface area contributed by atoms with Crippen molar-refractivity contribution in [3.05, 3.63) is 34.4 Å². The second kappa shape index (κ2) is 5.35. The molecular formula is C13H19N3O2. The number of benzene rings is 1. The first-order valence-corrected chi connectivity index (χ1v) is 6.28. The van der Waals surface area contributed by atoms with E-state index < -0.39 is 0 Å². The van der Waals surface area contributed by atoms with Crippen molar-refractivity contribution in [2.24, 2.45) is 5.41 Å². The van der Waals surface area contributed by atoms with Crippen LogP contribution in [0.3, 0.4) is 0 Å². The normalized spacial score (nSPS) is 23.6. The minimum atomic E-state index is -0.379. The summed E-state index contributed by atoms with van der Waals surface area (Å²) in [4.78, 5) is 10.2. The average Bonchev–Trinajstić information content (AvgIpc) is 2.38. The third kappa shape index (κ3) is 3.20. The molecule has 0 radical (unpaired) electrons. The summed E-state index contributed by atoms with van der Waals surface area (Å²) < 4.78 is 0. The first-order chi connectivity index (χ1) is 8.59. The maximum Gasteiger partial charge on any atom is 0.269 e. The van der Waals surface area contributed by atoms with Gasteiger partial charge >= 0.3 is 0 Å². The van der Waals surface area contributed by atoms with E-state index in [1.165, 1.54) is 25.0 Å². The molecule has 1 heterocycles. The number of piperidine rings is 1. The van der Waals surface area contributed by atoms with E-state index in [0.717, 1.165) is 25.3 Å². The number of nitro groups is 1. The first-order valence-electron chi connectivity index (χ1n) is 6.28.